The fraction of sp³-hybridized carbons (Fsp3) is 0.471. The van der Waals surface area contributed by atoms with Gasteiger partial charge in [-0.1, -0.05) is 0 Å². The summed E-state index contributed by atoms with van der Waals surface area (Å²) in [7, 11) is 0. The number of rotatable bonds is 5. The average molecular weight is 399 g/mol. The molecule has 0 amide bonds. The summed E-state index contributed by atoms with van der Waals surface area (Å²) in [6, 6.07) is 1.72. The number of halogens is 3. The van der Waals surface area contributed by atoms with Crippen LogP contribution in [0.2, 0.25) is 0 Å². The molecule has 26 heavy (non-hydrogen) atoms. The second kappa shape index (κ2) is 7.45. The van der Waals surface area contributed by atoms with Crippen LogP contribution in [-0.4, -0.2) is 28.1 Å². The molecule has 1 N–H and O–H groups in total. The molecular formula is C17H16F3N3OS2. The van der Waals surface area contributed by atoms with E-state index >= 15 is 0 Å². The molecule has 1 unspecified atom stereocenters. The van der Waals surface area contributed by atoms with E-state index in [9.17, 15) is 23.2 Å². The molecule has 0 bridgehead atoms. The lowest BCUT2D eigenvalue weighted by Gasteiger charge is -2.29. The second-order valence-corrected chi connectivity index (χ2v) is 8.18. The second-order valence-electron chi connectivity index (χ2n) is 6.14. The van der Waals surface area contributed by atoms with E-state index in [1.807, 2.05) is 12.3 Å². The van der Waals surface area contributed by atoms with Crippen LogP contribution in [0, 0.1) is 18.3 Å². The fourth-order valence-electron chi connectivity index (χ4n) is 3.15. The van der Waals surface area contributed by atoms with E-state index in [2.05, 4.69) is 10.3 Å². The zero-order chi connectivity index (χ0) is 18.9. The number of thiazole rings is 1. The molecule has 138 valence electrons. The highest BCUT2D eigenvalue weighted by atomic mass is 32.2. The molecule has 1 aliphatic carbocycles. The minimum Gasteiger partial charge on any atom is -0.372 e. The Kier molecular flexibility index (Phi) is 5.44. The van der Waals surface area contributed by atoms with Gasteiger partial charge in [-0.15, -0.1) is 23.1 Å². The molecule has 1 aromatic heterocycles. The van der Waals surface area contributed by atoms with Crippen LogP contribution in [0.3, 0.4) is 0 Å². The third-order valence-electron chi connectivity index (χ3n) is 4.19. The SMILES string of the molecule is Cc1csc(CC(=O)CSC2NC3=C(CCC3)C(C(F)(F)F)=C2C#N)n1. The van der Waals surface area contributed by atoms with Crippen molar-refractivity contribution >= 4 is 28.9 Å². The molecule has 0 saturated heterocycles. The number of nitriles is 1. The van der Waals surface area contributed by atoms with Gasteiger partial charge in [-0.2, -0.15) is 18.4 Å². The van der Waals surface area contributed by atoms with Crippen molar-refractivity contribution in [2.45, 2.75) is 44.2 Å². The minimum absolute atomic E-state index is 0.0230. The first-order valence-electron chi connectivity index (χ1n) is 8.04. The number of aromatic nitrogens is 1. The van der Waals surface area contributed by atoms with Gasteiger partial charge in [-0.3, -0.25) is 4.79 Å². The molecule has 9 heteroatoms. The highest BCUT2D eigenvalue weighted by Crippen LogP contribution is 2.45. The summed E-state index contributed by atoms with van der Waals surface area (Å²) in [6.07, 6.45) is -2.92. The number of alkyl halides is 3. The summed E-state index contributed by atoms with van der Waals surface area (Å²) in [5.74, 6) is -0.0990. The number of ketones is 1. The van der Waals surface area contributed by atoms with E-state index in [-0.39, 0.29) is 29.1 Å². The minimum atomic E-state index is -4.57. The van der Waals surface area contributed by atoms with Crippen LogP contribution >= 0.6 is 23.1 Å². The van der Waals surface area contributed by atoms with Crippen LogP contribution in [0.4, 0.5) is 13.2 Å². The third kappa shape index (κ3) is 3.96. The largest absolute Gasteiger partial charge is 0.417 e. The highest BCUT2D eigenvalue weighted by molar-refractivity contribution is 8.00. The smallest absolute Gasteiger partial charge is 0.372 e. The van der Waals surface area contributed by atoms with Gasteiger partial charge in [-0.05, 0) is 31.8 Å². The molecule has 1 aromatic rings. The van der Waals surface area contributed by atoms with Gasteiger partial charge in [0.1, 0.15) is 16.2 Å². The van der Waals surface area contributed by atoms with Crippen molar-refractivity contribution < 1.29 is 18.0 Å². The monoisotopic (exact) mass is 399 g/mol. The van der Waals surface area contributed by atoms with Gasteiger partial charge in [0, 0.05) is 16.8 Å². The van der Waals surface area contributed by atoms with Gasteiger partial charge in [0.25, 0.3) is 0 Å². The van der Waals surface area contributed by atoms with Crippen LogP contribution in [0.1, 0.15) is 30.0 Å². The summed E-state index contributed by atoms with van der Waals surface area (Å²) in [6.45, 7) is 1.83. The predicted octanol–water partition coefficient (Wildman–Crippen LogP) is 4.05. The fourth-order valence-corrected chi connectivity index (χ4v) is 4.96. The molecule has 0 aromatic carbocycles. The number of allylic oxidation sites excluding steroid dienone is 3. The lowest BCUT2D eigenvalue weighted by molar-refractivity contribution is -0.116. The highest BCUT2D eigenvalue weighted by Gasteiger charge is 2.45. The Morgan fingerprint density at radius 1 is 1.50 bits per heavy atom. The molecule has 0 saturated carbocycles. The van der Waals surface area contributed by atoms with Gasteiger partial charge >= 0.3 is 6.18 Å². The van der Waals surface area contributed by atoms with Crippen LogP contribution in [0.5, 0.6) is 0 Å². The standard InChI is InChI=1S/C17H16F3N3OS2/c1-9-7-25-14(22-9)5-10(24)8-26-16-12(6-21)15(17(18,19)20)11-3-2-4-13(11)23-16/h7,16,23H,2-5,8H2,1H3. The Balaban J connectivity index is 1.74. The quantitative estimate of drug-likeness (QED) is 0.809. The first-order chi connectivity index (χ1) is 12.3. The maximum Gasteiger partial charge on any atom is 0.417 e. The Hall–Kier alpha value is -1.79. The van der Waals surface area contributed by atoms with Gasteiger partial charge < -0.3 is 5.32 Å². The third-order valence-corrected chi connectivity index (χ3v) is 6.33. The Bertz CT molecular complexity index is 833. The summed E-state index contributed by atoms with van der Waals surface area (Å²) >= 11 is 2.42. The number of carbonyl (C=O) groups is 1. The van der Waals surface area contributed by atoms with Crippen molar-refractivity contribution in [1.82, 2.24) is 10.3 Å². The van der Waals surface area contributed by atoms with E-state index in [1.165, 1.54) is 11.3 Å². The zero-order valence-corrected chi connectivity index (χ0v) is 15.6. The Morgan fingerprint density at radius 2 is 2.27 bits per heavy atom. The maximum absolute atomic E-state index is 13.5. The molecule has 2 heterocycles. The van der Waals surface area contributed by atoms with Gasteiger partial charge in [0.15, 0.2) is 0 Å². The molecular weight excluding hydrogens is 383 g/mol. The molecule has 2 aliphatic rings. The Labute approximate surface area is 157 Å². The first-order valence-corrected chi connectivity index (χ1v) is 9.97. The summed E-state index contributed by atoms with van der Waals surface area (Å²) in [5.41, 5.74) is 0.449. The number of Topliss-reactive ketones (excluding diaryl/α,β-unsaturated/α-hetero) is 1. The van der Waals surface area contributed by atoms with Crippen LogP contribution in [0.15, 0.2) is 27.8 Å². The van der Waals surface area contributed by atoms with Crippen molar-refractivity contribution in [3.63, 3.8) is 0 Å². The topological polar surface area (TPSA) is 65.8 Å². The van der Waals surface area contributed by atoms with Crippen molar-refractivity contribution in [2.24, 2.45) is 0 Å². The number of hydrogen-bond donors (Lipinski definition) is 1. The van der Waals surface area contributed by atoms with Crippen molar-refractivity contribution in [1.29, 1.82) is 5.26 Å². The molecule has 0 spiro atoms. The number of nitrogens with one attached hydrogen (secondary N) is 1. The lowest BCUT2D eigenvalue weighted by atomic mass is 9.95. The normalized spacial score (nSPS) is 20.0. The number of nitrogens with zero attached hydrogens (tertiary/aromatic N) is 2. The van der Waals surface area contributed by atoms with Crippen LogP contribution in [-0.2, 0) is 11.2 Å². The number of dihydropyridines is 1. The lowest BCUT2D eigenvalue weighted by Crippen LogP contribution is -2.36. The molecule has 3 rings (SSSR count). The summed E-state index contributed by atoms with van der Waals surface area (Å²) in [4.78, 5) is 16.4. The molecule has 1 atom stereocenters. The first kappa shape index (κ1) is 19.0. The number of aryl methyl sites for hydroxylation is 1. The summed E-state index contributed by atoms with van der Waals surface area (Å²) < 4.78 is 40.6. The molecule has 1 aliphatic heterocycles. The predicted molar refractivity (Wildman–Crippen MR) is 94.5 cm³/mol. The van der Waals surface area contributed by atoms with E-state index in [1.54, 1.807) is 6.07 Å². The molecule has 4 nitrogen and oxygen atoms in total. The van der Waals surface area contributed by atoms with E-state index in [0.29, 0.717) is 30.0 Å². The van der Waals surface area contributed by atoms with Crippen molar-refractivity contribution in [3.05, 3.63) is 38.5 Å². The van der Waals surface area contributed by atoms with Gasteiger partial charge in [-0.25, -0.2) is 4.98 Å². The number of hydrogen-bond acceptors (Lipinski definition) is 6. The number of thioether (sulfide) groups is 1. The maximum atomic E-state index is 13.5. The van der Waals surface area contributed by atoms with Gasteiger partial charge in [0.05, 0.1) is 29.4 Å². The summed E-state index contributed by atoms with van der Waals surface area (Å²) in [5, 5.41) is 14.1. The van der Waals surface area contributed by atoms with Gasteiger partial charge in [0.2, 0.25) is 0 Å². The van der Waals surface area contributed by atoms with Crippen molar-refractivity contribution in [2.75, 3.05) is 5.75 Å². The zero-order valence-electron chi connectivity index (χ0n) is 13.9. The Morgan fingerprint density at radius 3 is 2.88 bits per heavy atom. The van der Waals surface area contributed by atoms with Crippen molar-refractivity contribution in [3.8, 4) is 6.07 Å². The van der Waals surface area contributed by atoms with Crippen LogP contribution < -0.4 is 5.32 Å². The molecule has 0 fully saturated rings. The van der Waals surface area contributed by atoms with E-state index in [4.69, 9.17) is 0 Å². The van der Waals surface area contributed by atoms with Crippen LogP contribution in [0.25, 0.3) is 0 Å². The average Bonchev–Trinajstić information content (AvgIpc) is 3.18. The van der Waals surface area contributed by atoms with E-state index in [0.717, 1.165) is 17.5 Å². The van der Waals surface area contributed by atoms with E-state index < -0.39 is 17.1 Å². The molecule has 0 radical (unpaired) electrons. The number of carbonyl (C=O) groups excluding carboxylic acids is 1.